The standard InChI is InChI=1S/C17H18Cl2N4O2.ClH/c18-10-4-5-12(19)11(9-10)15(24)23-8-1-3-13(23)14-21-16(22-25-14)17(20)6-2-7-17;/h4-5,9,13H,1-3,6-8,20H2;1H. The molecule has 1 aromatic heterocycles. The molecule has 1 saturated carbocycles. The molecule has 2 aliphatic rings. The predicted octanol–water partition coefficient (Wildman–Crippen LogP) is 4.11. The summed E-state index contributed by atoms with van der Waals surface area (Å²) in [7, 11) is 0. The number of carbonyl (C=O) groups is 1. The van der Waals surface area contributed by atoms with E-state index in [2.05, 4.69) is 10.1 Å². The van der Waals surface area contributed by atoms with Crippen molar-refractivity contribution < 1.29 is 9.32 Å². The van der Waals surface area contributed by atoms with E-state index in [4.69, 9.17) is 33.5 Å². The molecule has 0 radical (unpaired) electrons. The first-order valence-corrected chi connectivity index (χ1v) is 9.12. The van der Waals surface area contributed by atoms with Crippen LogP contribution in [0.2, 0.25) is 10.0 Å². The maximum Gasteiger partial charge on any atom is 0.256 e. The van der Waals surface area contributed by atoms with E-state index in [1.165, 1.54) is 0 Å². The Balaban J connectivity index is 0.00000196. The number of hydrogen-bond donors (Lipinski definition) is 1. The second kappa shape index (κ2) is 7.35. The molecular weight excluding hydrogens is 399 g/mol. The molecule has 26 heavy (non-hydrogen) atoms. The summed E-state index contributed by atoms with van der Waals surface area (Å²) in [5.74, 6) is 0.797. The normalized spacial score (nSPS) is 21.2. The third-order valence-corrected chi connectivity index (χ3v) is 5.66. The summed E-state index contributed by atoms with van der Waals surface area (Å²) in [5, 5.41) is 4.90. The third kappa shape index (κ3) is 3.31. The molecule has 1 aliphatic heterocycles. The Morgan fingerprint density at radius 3 is 2.77 bits per heavy atom. The number of benzene rings is 1. The van der Waals surface area contributed by atoms with E-state index in [0.29, 0.717) is 33.9 Å². The Morgan fingerprint density at radius 2 is 2.08 bits per heavy atom. The van der Waals surface area contributed by atoms with Crippen LogP contribution in [0.25, 0.3) is 0 Å². The molecule has 2 N–H and O–H groups in total. The Labute approximate surface area is 167 Å². The second-order valence-electron chi connectivity index (χ2n) is 6.75. The quantitative estimate of drug-likeness (QED) is 0.812. The highest BCUT2D eigenvalue weighted by molar-refractivity contribution is 6.35. The van der Waals surface area contributed by atoms with Crippen molar-refractivity contribution in [3.63, 3.8) is 0 Å². The summed E-state index contributed by atoms with van der Waals surface area (Å²) in [6.07, 6.45) is 4.42. The van der Waals surface area contributed by atoms with Gasteiger partial charge in [0, 0.05) is 11.6 Å². The lowest BCUT2D eigenvalue weighted by molar-refractivity contribution is 0.0710. The van der Waals surface area contributed by atoms with Crippen molar-refractivity contribution in [3.05, 3.63) is 45.5 Å². The second-order valence-corrected chi connectivity index (χ2v) is 7.59. The van der Waals surface area contributed by atoms with Gasteiger partial charge in [0.2, 0.25) is 5.89 Å². The van der Waals surface area contributed by atoms with Crippen LogP contribution in [0.4, 0.5) is 0 Å². The summed E-state index contributed by atoms with van der Waals surface area (Å²) in [5.41, 5.74) is 6.16. The molecule has 1 aromatic carbocycles. The maximum atomic E-state index is 12.9. The van der Waals surface area contributed by atoms with Crippen molar-refractivity contribution in [2.24, 2.45) is 5.73 Å². The first-order valence-electron chi connectivity index (χ1n) is 8.37. The number of nitrogens with two attached hydrogens (primary N) is 1. The molecule has 1 amide bonds. The number of hydrogen-bond acceptors (Lipinski definition) is 5. The third-order valence-electron chi connectivity index (χ3n) is 5.09. The molecule has 1 unspecified atom stereocenters. The Hall–Kier alpha value is -1.34. The maximum absolute atomic E-state index is 12.9. The first kappa shape index (κ1) is 19.4. The van der Waals surface area contributed by atoms with Crippen molar-refractivity contribution in [2.45, 2.75) is 43.7 Å². The zero-order chi connectivity index (χ0) is 17.6. The van der Waals surface area contributed by atoms with Crippen LogP contribution in [0.1, 0.15) is 60.2 Å². The van der Waals surface area contributed by atoms with E-state index in [0.717, 1.165) is 32.1 Å². The van der Waals surface area contributed by atoms with Crippen LogP contribution >= 0.6 is 35.6 Å². The lowest BCUT2D eigenvalue weighted by atomic mass is 9.77. The molecule has 4 rings (SSSR count). The summed E-state index contributed by atoms with van der Waals surface area (Å²) < 4.78 is 5.45. The smallest absolute Gasteiger partial charge is 0.256 e. The van der Waals surface area contributed by atoms with Crippen LogP contribution in [0.5, 0.6) is 0 Å². The zero-order valence-electron chi connectivity index (χ0n) is 14.0. The monoisotopic (exact) mass is 416 g/mol. The Bertz CT molecular complexity index is 822. The van der Waals surface area contributed by atoms with Gasteiger partial charge < -0.3 is 15.2 Å². The van der Waals surface area contributed by atoms with E-state index < -0.39 is 5.54 Å². The molecule has 2 fully saturated rings. The van der Waals surface area contributed by atoms with Gasteiger partial charge in [-0.25, -0.2) is 0 Å². The zero-order valence-corrected chi connectivity index (χ0v) is 16.3. The average Bonchev–Trinajstić information content (AvgIpc) is 3.22. The van der Waals surface area contributed by atoms with Gasteiger partial charge in [0.1, 0.15) is 6.04 Å². The van der Waals surface area contributed by atoms with Gasteiger partial charge in [-0.2, -0.15) is 4.98 Å². The van der Waals surface area contributed by atoms with Crippen molar-refractivity contribution >= 4 is 41.5 Å². The molecule has 2 heterocycles. The largest absolute Gasteiger partial charge is 0.337 e. The van der Waals surface area contributed by atoms with Crippen LogP contribution in [-0.4, -0.2) is 27.5 Å². The Kier molecular flexibility index (Phi) is 5.49. The van der Waals surface area contributed by atoms with Crippen LogP contribution in [0, 0.1) is 0 Å². The molecule has 140 valence electrons. The number of aromatic nitrogens is 2. The fourth-order valence-electron chi connectivity index (χ4n) is 3.44. The highest BCUT2D eigenvalue weighted by atomic mass is 35.5. The molecule has 6 nitrogen and oxygen atoms in total. The van der Waals surface area contributed by atoms with Crippen molar-refractivity contribution in [3.8, 4) is 0 Å². The minimum atomic E-state index is -0.481. The SMILES string of the molecule is Cl.NC1(c2noc(C3CCCN3C(=O)c3cc(Cl)ccc3Cl)n2)CCC1. The van der Waals surface area contributed by atoms with E-state index in [-0.39, 0.29) is 24.4 Å². The van der Waals surface area contributed by atoms with E-state index in [1.54, 1.807) is 23.1 Å². The number of amides is 1. The van der Waals surface area contributed by atoms with Crippen LogP contribution in [0.3, 0.4) is 0 Å². The van der Waals surface area contributed by atoms with Crippen LogP contribution in [-0.2, 0) is 5.54 Å². The van der Waals surface area contributed by atoms with Crippen molar-refractivity contribution in [2.75, 3.05) is 6.54 Å². The van der Waals surface area contributed by atoms with E-state index in [9.17, 15) is 4.79 Å². The molecule has 2 aromatic rings. The van der Waals surface area contributed by atoms with Gasteiger partial charge in [0.25, 0.3) is 5.91 Å². The summed E-state index contributed by atoms with van der Waals surface area (Å²) in [4.78, 5) is 19.2. The minimum Gasteiger partial charge on any atom is -0.337 e. The molecule has 9 heteroatoms. The van der Waals surface area contributed by atoms with Crippen LogP contribution in [0.15, 0.2) is 22.7 Å². The number of carbonyl (C=O) groups excluding carboxylic acids is 1. The molecule has 0 spiro atoms. The highest BCUT2D eigenvalue weighted by Gasteiger charge is 2.41. The molecule has 1 aliphatic carbocycles. The topological polar surface area (TPSA) is 85.2 Å². The van der Waals surface area contributed by atoms with Gasteiger partial charge in [-0.15, -0.1) is 12.4 Å². The highest BCUT2D eigenvalue weighted by Crippen LogP contribution is 2.39. The first-order chi connectivity index (χ1) is 12.0. The predicted molar refractivity (Wildman–Crippen MR) is 101 cm³/mol. The molecular formula is C17H19Cl3N4O2. The fourth-order valence-corrected chi connectivity index (χ4v) is 3.81. The van der Waals surface area contributed by atoms with E-state index in [1.807, 2.05) is 0 Å². The van der Waals surface area contributed by atoms with Gasteiger partial charge in [0.05, 0.1) is 16.1 Å². The lowest BCUT2D eigenvalue weighted by Gasteiger charge is -2.34. The molecule has 1 atom stereocenters. The summed E-state index contributed by atoms with van der Waals surface area (Å²) >= 11 is 12.2. The Morgan fingerprint density at radius 1 is 1.31 bits per heavy atom. The number of likely N-dealkylation sites (tertiary alicyclic amines) is 1. The van der Waals surface area contributed by atoms with Gasteiger partial charge in [0.15, 0.2) is 5.82 Å². The molecule has 1 saturated heterocycles. The van der Waals surface area contributed by atoms with Gasteiger partial charge in [-0.3, -0.25) is 4.79 Å². The lowest BCUT2D eigenvalue weighted by Crippen LogP contribution is -2.44. The van der Waals surface area contributed by atoms with E-state index >= 15 is 0 Å². The number of halogens is 3. The average molecular weight is 418 g/mol. The minimum absolute atomic E-state index is 0. The fraction of sp³-hybridized carbons (Fsp3) is 0.471. The van der Waals surface area contributed by atoms with Gasteiger partial charge >= 0.3 is 0 Å². The van der Waals surface area contributed by atoms with Crippen molar-refractivity contribution in [1.82, 2.24) is 15.0 Å². The summed E-state index contributed by atoms with van der Waals surface area (Å²) in [6, 6.07) is 4.62. The number of rotatable bonds is 3. The van der Waals surface area contributed by atoms with Crippen molar-refractivity contribution in [1.29, 1.82) is 0 Å². The number of nitrogens with zero attached hydrogens (tertiary/aromatic N) is 3. The summed E-state index contributed by atoms with van der Waals surface area (Å²) in [6.45, 7) is 0.609. The van der Waals surface area contributed by atoms with Gasteiger partial charge in [-0.05, 0) is 50.3 Å². The van der Waals surface area contributed by atoms with Crippen LogP contribution < -0.4 is 5.73 Å². The molecule has 0 bridgehead atoms. The van der Waals surface area contributed by atoms with Gasteiger partial charge in [-0.1, -0.05) is 28.4 Å².